The van der Waals surface area contributed by atoms with Crippen LogP contribution in [0.2, 0.25) is 5.02 Å². The van der Waals surface area contributed by atoms with Crippen LogP contribution in [0, 0.1) is 5.82 Å². The maximum atomic E-state index is 13.7. The van der Waals surface area contributed by atoms with Crippen molar-refractivity contribution in [3.8, 4) is 0 Å². The minimum absolute atomic E-state index is 0.0573. The fraction of sp³-hybridized carbons (Fsp3) is 0.333. The van der Waals surface area contributed by atoms with Crippen molar-refractivity contribution in [2.24, 2.45) is 0 Å². The molecule has 1 aromatic heterocycles. The first kappa shape index (κ1) is 15.5. The molecule has 6 heteroatoms. The van der Waals surface area contributed by atoms with Crippen molar-refractivity contribution in [2.75, 3.05) is 5.32 Å². The van der Waals surface area contributed by atoms with E-state index in [1.54, 1.807) is 25.1 Å². The van der Waals surface area contributed by atoms with Crippen molar-refractivity contribution < 1.29 is 4.39 Å². The Balaban J connectivity index is 2.31. The second-order valence-corrected chi connectivity index (χ2v) is 5.48. The summed E-state index contributed by atoms with van der Waals surface area (Å²) in [6.45, 7) is 5.49. The monoisotopic (exact) mass is 309 g/mol. The van der Waals surface area contributed by atoms with Gasteiger partial charge in [0.25, 0.3) is 5.56 Å². The molecule has 1 heterocycles. The molecule has 0 aliphatic rings. The molecule has 1 unspecified atom stereocenters. The van der Waals surface area contributed by atoms with Crippen LogP contribution in [0.3, 0.4) is 0 Å². The fourth-order valence-corrected chi connectivity index (χ4v) is 2.24. The van der Waals surface area contributed by atoms with Gasteiger partial charge in [0.2, 0.25) is 0 Å². The van der Waals surface area contributed by atoms with Crippen molar-refractivity contribution in [2.45, 2.75) is 32.9 Å². The maximum absolute atomic E-state index is 13.7. The molecule has 0 aliphatic carbocycles. The topological polar surface area (TPSA) is 46.9 Å². The van der Waals surface area contributed by atoms with E-state index in [-0.39, 0.29) is 28.5 Å². The average molecular weight is 310 g/mol. The zero-order chi connectivity index (χ0) is 15.6. The molecule has 0 saturated heterocycles. The largest absolute Gasteiger partial charge is 0.376 e. The van der Waals surface area contributed by atoms with Crippen LogP contribution in [0.25, 0.3) is 0 Å². The molecule has 2 rings (SSSR count). The standard InChI is InChI=1S/C15H17ClFN3O/c1-9(2)20-15(21)14(16)13(8-18-20)19-10(3)11-6-4-5-7-12(11)17/h4-10,19H,1-3H3. The highest BCUT2D eigenvalue weighted by Gasteiger charge is 2.15. The highest BCUT2D eigenvalue weighted by molar-refractivity contribution is 6.32. The number of hydrogen-bond donors (Lipinski definition) is 1. The molecule has 2 aromatic rings. The Kier molecular flexibility index (Phi) is 4.63. The predicted octanol–water partition coefficient (Wildman–Crippen LogP) is 3.79. The molecule has 0 spiro atoms. The third kappa shape index (κ3) is 3.24. The number of rotatable bonds is 4. The number of halogens is 2. The van der Waals surface area contributed by atoms with Gasteiger partial charge in [0.1, 0.15) is 10.8 Å². The van der Waals surface area contributed by atoms with E-state index in [0.29, 0.717) is 11.3 Å². The zero-order valence-corrected chi connectivity index (χ0v) is 12.9. The Bertz CT molecular complexity index is 700. The number of nitrogens with one attached hydrogen (secondary N) is 1. The third-order valence-corrected chi connectivity index (χ3v) is 3.54. The lowest BCUT2D eigenvalue weighted by molar-refractivity contribution is 0.503. The number of aromatic nitrogens is 2. The minimum atomic E-state index is -0.364. The van der Waals surface area contributed by atoms with Gasteiger partial charge in [-0.15, -0.1) is 0 Å². The Morgan fingerprint density at radius 2 is 1.95 bits per heavy atom. The van der Waals surface area contributed by atoms with Crippen LogP contribution in [-0.4, -0.2) is 9.78 Å². The summed E-state index contributed by atoms with van der Waals surface area (Å²) < 4.78 is 15.0. The van der Waals surface area contributed by atoms with E-state index in [1.807, 2.05) is 13.8 Å². The van der Waals surface area contributed by atoms with Gasteiger partial charge in [-0.3, -0.25) is 4.79 Å². The highest BCUT2D eigenvalue weighted by Crippen LogP contribution is 2.24. The van der Waals surface area contributed by atoms with Crippen LogP contribution in [0.15, 0.2) is 35.3 Å². The molecule has 4 nitrogen and oxygen atoms in total. The summed E-state index contributed by atoms with van der Waals surface area (Å²) in [5.74, 6) is -0.308. The predicted molar refractivity (Wildman–Crippen MR) is 82.3 cm³/mol. The molecule has 0 aliphatic heterocycles. The quantitative estimate of drug-likeness (QED) is 0.934. The van der Waals surface area contributed by atoms with E-state index in [2.05, 4.69) is 10.4 Å². The van der Waals surface area contributed by atoms with E-state index in [0.717, 1.165) is 0 Å². The van der Waals surface area contributed by atoms with Gasteiger partial charge in [-0.05, 0) is 26.8 Å². The van der Waals surface area contributed by atoms with Gasteiger partial charge in [-0.25, -0.2) is 9.07 Å². The molecule has 0 saturated carbocycles. The summed E-state index contributed by atoms with van der Waals surface area (Å²) in [6, 6.07) is 6.05. The SMILES string of the molecule is CC(Nc1cnn(C(C)C)c(=O)c1Cl)c1ccccc1F. The van der Waals surface area contributed by atoms with Gasteiger partial charge in [0.15, 0.2) is 0 Å². The van der Waals surface area contributed by atoms with E-state index in [4.69, 9.17) is 11.6 Å². The van der Waals surface area contributed by atoms with Gasteiger partial charge in [0.05, 0.1) is 24.0 Å². The smallest absolute Gasteiger partial charge is 0.287 e. The van der Waals surface area contributed by atoms with Crippen molar-refractivity contribution in [1.29, 1.82) is 0 Å². The number of benzene rings is 1. The first-order chi connectivity index (χ1) is 9.91. The Labute approximate surface area is 127 Å². The van der Waals surface area contributed by atoms with Crippen LogP contribution < -0.4 is 10.9 Å². The van der Waals surface area contributed by atoms with Gasteiger partial charge in [0, 0.05) is 5.56 Å². The van der Waals surface area contributed by atoms with Crippen molar-refractivity contribution in [3.63, 3.8) is 0 Å². The lowest BCUT2D eigenvalue weighted by Gasteiger charge is -2.18. The molecule has 0 radical (unpaired) electrons. The summed E-state index contributed by atoms with van der Waals surface area (Å²) >= 11 is 6.08. The van der Waals surface area contributed by atoms with Crippen LogP contribution in [0.5, 0.6) is 0 Å². The third-order valence-electron chi connectivity index (χ3n) is 3.18. The normalized spacial score (nSPS) is 12.5. The maximum Gasteiger partial charge on any atom is 0.287 e. The van der Waals surface area contributed by atoms with Gasteiger partial charge < -0.3 is 5.32 Å². The lowest BCUT2D eigenvalue weighted by Crippen LogP contribution is -2.26. The first-order valence-electron chi connectivity index (χ1n) is 6.70. The number of hydrogen-bond acceptors (Lipinski definition) is 3. The van der Waals surface area contributed by atoms with Gasteiger partial charge in [-0.1, -0.05) is 29.8 Å². The molecule has 1 atom stereocenters. The van der Waals surface area contributed by atoms with Crippen molar-refractivity contribution >= 4 is 17.3 Å². The van der Waals surface area contributed by atoms with E-state index in [9.17, 15) is 9.18 Å². The second-order valence-electron chi connectivity index (χ2n) is 5.10. The Morgan fingerprint density at radius 3 is 2.57 bits per heavy atom. The summed E-state index contributed by atoms with van der Waals surface area (Å²) in [6.07, 6.45) is 1.49. The molecule has 112 valence electrons. The van der Waals surface area contributed by atoms with Crippen LogP contribution >= 0.6 is 11.6 Å². The summed E-state index contributed by atoms with van der Waals surface area (Å²) in [4.78, 5) is 12.1. The van der Waals surface area contributed by atoms with Crippen molar-refractivity contribution in [3.05, 3.63) is 57.2 Å². The lowest BCUT2D eigenvalue weighted by atomic mass is 10.1. The van der Waals surface area contributed by atoms with Crippen LogP contribution in [-0.2, 0) is 0 Å². The molecule has 21 heavy (non-hydrogen) atoms. The minimum Gasteiger partial charge on any atom is -0.376 e. The molecule has 0 amide bonds. The van der Waals surface area contributed by atoms with E-state index < -0.39 is 0 Å². The van der Waals surface area contributed by atoms with Crippen LogP contribution in [0.4, 0.5) is 10.1 Å². The zero-order valence-electron chi connectivity index (χ0n) is 12.1. The van der Waals surface area contributed by atoms with E-state index >= 15 is 0 Å². The molecule has 0 bridgehead atoms. The molecular formula is C15H17ClFN3O. The first-order valence-corrected chi connectivity index (χ1v) is 7.08. The van der Waals surface area contributed by atoms with Crippen molar-refractivity contribution in [1.82, 2.24) is 9.78 Å². The summed E-state index contributed by atoms with van der Waals surface area (Å²) in [5.41, 5.74) is 0.535. The average Bonchev–Trinajstić information content (AvgIpc) is 2.44. The van der Waals surface area contributed by atoms with Gasteiger partial charge in [-0.2, -0.15) is 5.10 Å². The molecule has 0 fully saturated rings. The van der Waals surface area contributed by atoms with E-state index in [1.165, 1.54) is 16.9 Å². The number of anilines is 1. The highest BCUT2D eigenvalue weighted by atomic mass is 35.5. The fourth-order valence-electron chi connectivity index (χ4n) is 2.05. The Hall–Kier alpha value is -1.88. The molecule has 1 aromatic carbocycles. The summed E-state index contributed by atoms with van der Waals surface area (Å²) in [7, 11) is 0. The summed E-state index contributed by atoms with van der Waals surface area (Å²) in [5, 5.41) is 7.15. The Morgan fingerprint density at radius 1 is 1.29 bits per heavy atom. The van der Waals surface area contributed by atoms with Crippen LogP contribution in [0.1, 0.15) is 38.4 Å². The van der Waals surface area contributed by atoms with Gasteiger partial charge >= 0.3 is 0 Å². The molecular weight excluding hydrogens is 293 g/mol. The second kappa shape index (κ2) is 6.26. The number of nitrogens with zero attached hydrogens (tertiary/aromatic N) is 2. The molecule has 1 N–H and O–H groups in total.